The number of anilines is 1. The molecule has 0 saturated heterocycles. The van der Waals surface area contributed by atoms with E-state index in [9.17, 15) is 4.39 Å². The van der Waals surface area contributed by atoms with Crippen LogP contribution in [-0.2, 0) is 13.0 Å². The molecule has 0 saturated carbocycles. The Kier molecular flexibility index (Phi) is 9.12. The van der Waals surface area contributed by atoms with Crippen LogP contribution in [0, 0.1) is 19.7 Å². The number of aromatic nitrogens is 2. The van der Waals surface area contributed by atoms with Gasteiger partial charge in [0.2, 0.25) is 0 Å². The lowest BCUT2D eigenvalue weighted by atomic mass is 10.1. The second-order valence-electron chi connectivity index (χ2n) is 7.68. The van der Waals surface area contributed by atoms with Crippen LogP contribution in [-0.4, -0.2) is 34.7 Å². The number of hydrogen-bond acceptors (Lipinski definition) is 4. The van der Waals surface area contributed by atoms with Gasteiger partial charge < -0.3 is 20.1 Å². The summed E-state index contributed by atoms with van der Waals surface area (Å²) in [6.45, 7) is 9.73. The van der Waals surface area contributed by atoms with Crippen molar-refractivity contribution >= 4 is 34.6 Å². The highest BCUT2D eigenvalue weighted by molar-refractivity contribution is 7.80. The van der Waals surface area contributed by atoms with Crippen molar-refractivity contribution < 1.29 is 13.9 Å². The van der Waals surface area contributed by atoms with E-state index in [4.69, 9.17) is 33.3 Å². The average molecular weight is 505 g/mol. The van der Waals surface area contributed by atoms with Crippen molar-refractivity contribution in [2.45, 2.75) is 40.7 Å². The number of hydrogen-bond donors (Lipinski definition) is 2. The highest BCUT2D eigenvalue weighted by Gasteiger charge is 2.16. The smallest absolute Gasteiger partial charge is 0.170 e. The first-order valence-electron chi connectivity index (χ1n) is 11.2. The van der Waals surface area contributed by atoms with E-state index in [0.29, 0.717) is 35.5 Å². The molecule has 1 aromatic heterocycles. The van der Waals surface area contributed by atoms with Gasteiger partial charge in [0.25, 0.3) is 0 Å². The molecular formula is C25H30ClFN4O2S. The predicted octanol–water partition coefficient (Wildman–Crippen LogP) is 5.67. The molecule has 1 heterocycles. The molecule has 0 amide bonds. The van der Waals surface area contributed by atoms with Crippen molar-refractivity contribution in [2.75, 3.05) is 25.1 Å². The van der Waals surface area contributed by atoms with Crippen LogP contribution in [0.2, 0.25) is 5.02 Å². The summed E-state index contributed by atoms with van der Waals surface area (Å²) in [4.78, 5) is 0. The largest absolute Gasteiger partial charge is 0.490 e. The molecule has 0 radical (unpaired) electrons. The van der Waals surface area contributed by atoms with Crippen LogP contribution in [0.1, 0.15) is 36.4 Å². The molecule has 3 aromatic rings. The molecule has 2 N–H and O–H groups in total. The zero-order chi connectivity index (χ0) is 24.7. The van der Waals surface area contributed by atoms with Crippen LogP contribution in [0.25, 0.3) is 0 Å². The van der Waals surface area contributed by atoms with Crippen LogP contribution in [0.5, 0.6) is 11.5 Å². The third-order valence-electron chi connectivity index (χ3n) is 5.30. The number of benzene rings is 2. The van der Waals surface area contributed by atoms with E-state index in [2.05, 4.69) is 15.7 Å². The zero-order valence-corrected chi connectivity index (χ0v) is 21.4. The minimum Gasteiger partial charge on any atom is -0.490 e. The SMILES string of the molecule is CCOc1ccc(CCNC(=S)Nc2c(C)nn(Cc3c(F)cccc3Cl)c2C)cc1OCC. The molecule has 2 aromatic carbocycles. The van der Waals surface area contributed by atoms with Gasteiger partial charge in [0.05, 0.1) is 36.8 Å². The Bertz CT molecular complexity index is 1130. The number of nitrogens with zero attached hydrogens (tertiary/aromatic N) is 2. The summed E-state index contributed by atoms with van der Waals surface area (Å²) >= 11 is 11.7. The molecule has 9 heteroatoms. The van der Waals surface area contributed by atoms with Crippen LogP contribution in [0.3, 0.4) is 0 Å². The fraction of sp³-hybridized carbons (Fsp3) is 0.360. The molecule has 0 aliphatic heterocycles. The topological polar surface area (TPSA) is 60.3 Å². The third-order valence-corrected chi connectivity index (χ3v) is 5.90. The van der Waals surface area contributed by atoms with Gasteiger partial charge in [-0.2, -0.15) is 5.10 Å². The molecule has 0 spiro atoms. The van der Waals surface area contributed by atoms with Gasteiger partial charge in [-0.3, -0.25) is 4.68 Å². The molecule has 0 bridgehead atoms. The fourth-order valence-electron chi connectivity index (χ4n) is 3.59. The summed E-state index contributed by atoms with van der Waals surface area (Å²) < 4.78 is 27.2. The lowest BCUT2D eigenvalue weighted by molar-refractivity contribution is 0.287. The van der Waals surface area contributed by atoms with E-state index >= 15 is 0 Å². The standard InChI is InChI=1S/C25H30ClFN4O2S/c1-5-32-22-11-10-18(14-23(22)33-6-2)12-13-28-25(34)29-24-16(3)30-31(17(24)4)15-19-20(26)8-7-9-21(19)27/h7-11,14H,5-6,12-13,15H2,1-4H3,(H2,28,29,34). The predicted molar refractivity (Wildman–Crippen MR) is 139 cm³/mol. The maximum absolute atomic E-state index is 14.2. The summed E-state index contributed by atoms with van der Waals surface area (Å²) in [5.74, 6) is 1.14. The molecule has 34 heavy (non-hydrogen) atoms. The number of rotatable bonds is 10. The van der Waals surface area contributed by atoms with Gasteiger partial charge in [-0.25, -0.2) is 4.39 Å². The molecule has 0 aliphatic rings. The number of thiocarbonyl (C=S) groups is 1. The van der Waals surface area contributed by atoms with Crippen molar-refractivity contribution in [1.29, 1.82) is 0 Å². The van der Waals surface area contributed by atoms with Crippen molar-refractivity contribution in [3.05, 3.63) is 69.8 Å². The van der Waals surface area contributed by atoms with Gasteiger partial charge in [-0.1, -0.05) is 23.7 Å². The monoisotopic (exact) mass is 504 g/mol. The normalized spacial score (nSPS) is 10.8. The molecule has 182 valence electrons. The molecule has 0 unspecified atom stereocenters. The van der Waals surface area contributed by atoms with E-state index < -0.39 is 0 Å². The molecule has 0 atom stereocenters. The lowest BCUT2D eigenvalue weighted by Gasteiger charge is -2.14. The summed E-state index contributed by atoms with van der Waals surface area (Å²) in [6, 6.07) is 10.6. The maximum Gasteiger partial charge on any atom is 0.170 e. The maximum atomic E-state index is 14.2. The average Bonchev–Trinajstić information content (AvgIpc) is 3.05. The van der Waals surface area contributed by atoms with E-state index in [1.165, 1.54) is 6.07 Å². The van der Waals surface area contributed by atoms with Gasteiger partial charge in [-0.05, 0) is 76.2 Å². The minimum absolute atomic E-state index is 0.236. The van der Waals surface area contributed by atoms with Crippen LogP contribution < -0.4 is 20.1 Å². The highest BCUT2D eigenvalue weighted by Crippen LogP contribution is 2.29. The Labute approximate surface area is 210 Å². The van der Waals surface area contributed by atoms with Gasteiger partial charge in [-0.15, -0.1) is 0 Å². The number of nitrogens with one attached hydrogen (secondary N) is 2. The Morgan fingerprint density at radius 3 is 2.56 bits per heavy atom. The van der Waals surface area contributed by atoms with Crippen molar-refractivity contribution in [3.8, 4) is 11.5 Å². The van der Waals surface area contributed by atoms with Gasteiger partial charge >= 0.3 is 0 Å². The van der Waals surface area contributed by atoms with Crippen molar-refractivity contribution in [3.63, 3.8) is 0 Å². The first kappa shape index (κ1) is 25.8. The molecule has 0 aliphatic carbocycles. The molecule has 0 fully saturated rings. The highest BCUT2D eigenvalue weighted by atomic mass is 35.5. The third kappa shape index (κ3) is 6.39. The summed E-state index contributed by atoms with van der Waals surface area (Å²) in [7, 11) is 0. The van der Waals surface area contributed by atoms with Crippen LogP contribution >= 0.6 is 23.8 Å². The van der Waals surface area contributed by atoms with E-state index in [0.717, 1.165) is 40.6 Å². The first-order chi connectivity index (χ1) is 16.3. The molecular weight excluding hydrogens is 475 g/mol. The van der Waals surface area contributed by atoms with E-state index in [1.807, 2.05) is 45.9 Å². The number of ether oxygens (including phenoxy) is 2. The Hall–Kier alpha value is -2.84. The van der Waals surface area contributed by atoms with Crippen LogP contribution in [0.15, 0.2) is 36.4 Å². The van der Waals surface area contributed by atoms with Gasteiger partial charge in [0.15, 0.2) is 16.6 Å². The summed E-state index contributed by atoms with van der Waals surface area (Å²) in [5.41, 5.74) is 3.92. The fourth-order valence-corrected chi connectivity index (χ4v) is 4.02. The van der Waals surface area contributed by atoms with E-state index in [-0.39, 0.29) is 12.4 Å². The quantitative estimate of drug-likeness (QED) is 0.347. The summed E-state index contributed by atoms with van der Waals surface area (Å²) in [5, 5.41) is 11.9. The Morgan fingerprint density at radius 1 is 1.12 bits per heavy atom. The first-order valence-corrected chi connectivity index (χ1v) is 12.0. The summed E-state index contributed by atoms with van der Waals surface area (Å²) in [6.07, 6.45) is 0.761. The van der Waals surface area contributed by atoms with Crippen LogP contribution in [0.4, 0.5) is 10.1 Å². The lowest BCUT2D eigenvalue weighted by Crippen LogP contribution is -2.30. The van der Waals surface area contributed by atoms with E-state index in [1.54, 1.807) is 16.8 Å². The Morgan fingerprint density at radius 2 is 1.85 bits per heavy atom. The van der Waals surface area contributed by atoms with Crippen molar-refractivity contribution in [2.24, 2.45) is 0 Å². The number of halogens is 2. The Balaban J connectivity index is 1.60. The molecule has 6 nitrogen and oxygen atoms in total. The second kappa shape index (κ2) is 12.0. The minimum atomic E-state index is -0.353. The zero-order valence-electron chi connectivity index (χ0n) is 19.9. The van der Waals surface area contributed by atoms with Crippen molar-refractivity contribution in [1.82, 2.24) is 15.1 Å². The second-order valence-corrected chi connectivity index (χ2v) is 8.50. The van der Waals surface area contributed by atoms with Gasteiger partial charge in [0.1, 0.15) is 5.82 Å². The molecule has 3 rings (SSSR count). The number of aryl methyl sites for hydroxylation is 1. The van der Waals surface area contributed by atoms with Gasteiger partial charge in [0, 0.05) is 17.1 Å².